The Morgan fingerprint density at radius 1 is 1.27 bits per heavy atom. The summed E-state index contributed by atoms with van der Waals surface area (Å²) in [5, 5.41) is 3.43. The minimum absolute atomic E-state index is 0.688. The van der Waals surface area contributed by atoms with E-state index in [0.29, 0.717) is 13.2 Å². The van der Waals surface area contributed by atoms with E-state index in [0.717, 1.165) is 25.6 Å². The molecule has 0 aliphatic heterocycles. The van der Waals surface area contributed by atoms with Crippen LogP contribution in [-0.4, -0.2) is 40.0 Å². The van der Waals surface area contributed by atoms with Crippen LogP contribution in [0.15, 0.2) is 12.2 Å². The predicted molar refractivity (Wildman–Crippen MR) is 62.0 cm³/mol. The highest BCUT2D eigenvalue weighted by atomic mass is 16.5. The molecule has 0 bridgehead atoms. The van der Waals surface area contributed by atoms with Crippen LogP contribution in [0.4, 0.5) is 0 Å². The molecule has 0 radical (unpaired) electrons. The Morgan fingerprint density at radius 3 is 2.93 bits per heavy atom. The summed E-state index contributed by atoms with van der Waals surface area (Å²) in [6.07, 6.45) is 8.39. The van der Waals surface area contributed by atoms with Crippen LogP contribution in [0.3, 0.4) is 0 Å². The Bertz CT molecular complexity index is 171. The molecule has 0 amide bonds. The van der Waals surface area contributed by atoms with Crippen LogP contribution in [0.25, 0.3) is 0 Å². The molecule has 1 N–H and O–H groups in total. The predicted octanol–water partition coefficient (Wildman–Crippen LogP) is 1.60. The van der Waals surface area contributed by atoms with Gasteiger partial charge in [0.1, 0.15) is 0 Å². The highest BCUT2D eigenvalue weighted by Crippen LogP contribution is 2.16. The van der Waals surface area contributed by atoms with Gasteiger partial charge in [-0.3, -0.25) is 0 Å². The largest absolute Gasteiger partial charge is 0.382 e. The van der Waals surface area contributed by atoms with Gasteiger partial charge >= 0.3 is 0 Å². The van der Waals surface area contributed by atoms with Gasteiger partial charge in [0, 0.05) is 13.7 Å². The molecule has 1 aliphatic rings. The molecule has 88 valence electrons. The van der Waals surface area contributed by atoms with Crippen LogP contribution in [0.1, 0.15) is 19.3 Å². The number of methoxy groups -OCH3 is 1. The van der Waals surface area contributed by atoms with Gasteiger partial charge in [0.2, 0.25) is 0 Å². The first-order valence-corrected chi connectivity index (χ1v) is 5.86. The molecule has 0 aromatic rings. The van der Waals surface area contributed by atoms with Gasteiger partial charge in [-0.2, -0.15) is 0 Å². The monoisotopic (exact) mass is 213 g/mol. The number of hydrogen-bond acceptors (Lipinski definition) is 3. The number of hydrogen-bond donors (Lipinski definition) is 1. The summed E-state index contributed by atoms with van der Waals surface area (Å²) >= 11 is 0. The van der Waals surface area contributed by atoms with Crippen LogP contribution >= 0.6 is 0 Å². The number of allylic oxidation sites excluding steroid dienone is 2. The van der Waals surface area contributed by atoms with E-state index in [1.54, 1.807) is 7.11 Å². The Kier molecular flexibility index (Phi) is 7.52. The normalized spacial score (nSPS) is 20.7. The van der Waals surface area contributed by atoms with Gasteiger partial charge in [0.25, 0.3) is 0 Å². The maximum absolute atomic E-state index is 5.36. The molecule has 0 saturated heterocycles. The molecule has 0 spiro atoms. The summed E-state index contributed by atoms with van der Waals surface area (Å²) in [4.78, 5) is 0. The Hall–Kier alpha value is -0.380. The molecular formula is C12H23NO2. The van der Waals surface area contributed by atoms with Crippen molar-refractivity contribution >= 4 is 0 Å². The van der Waals surface area contributed by atoms with Gasteiger partial charge in [0.15, 0.2) is 0 Å². The van der Waals surface area contributed by atoms with E-state index in [1.165, 1.54) is 19.3 Å². The summed E-state index contributed by atoms with van der Waals surface area (Å²) in [6, 6.07) is 0. The van der Waals surface area contributed by atoms with E-state index >= 15 is 0 Å². The van der Waals surface area contributed by atoms with Gasteiger partial charge in [0.05, 0.1) is 19.8 Å². The second kappa shape index (κ2) is 8.89. The van der Waals surface area contributed by atoms with Crippen LogP contribution in [0.5, 0.6) is 0 Å². The van der Waals surface area contributed by atoms with Crippen LogP contribution < -0.4 is 5.32 Å². The molecular weight excluding hydrogens is 190 g/mol. The standard InChI is InChI=1S/C12H23NO2/c1-14-9-10-15-8-7-13-11-12-5-3-2-4-6-12/h2-3,12-13H,4-11H2,1H3. The second-order valence-electron chi connectivity index (χ2n) is 3.96. The molecule has 1 rings (SSSR count). The van der Waals surface area contributed by atoms with Gasteiger partial charge in [-0.05, 0) is 31.7 Å². The van der Waals surface area contributed by atoms with E-state index in [9.17, 15) is 0 Å². The highest BCUT2D eigenvalue weighted by Gasteiger charge is 2.08. The second-order valence-corrected chi connectivity index (χ2v) is 3.96. The lowest BCUT2D eigenvalue weighted by atomic mass is 9.94. The van der Waals surface area contributed by atoms with Crippen molar-refractivity contribution in [3.05, 3.63) is 12.2 Å². The topological polar surface area (TPSA) is 30.5 Å². The van der Waals surface area contributed by atoms with E-state index in [1.807, 2.05) is 0 Å². The summed E-state index contributed by atoms with van der Waals surface area (Å²) in [5.74, 6) is 0.828. The quantitative estimate of drug-likeness (QED) is 0.490. The van der Waals surface area contributed by atoms with Crippen molar-refractivity contribution in [3.63, 3.8) is 0 Å². The number of nitrogens with one attached hydrogen (secondary N) is 1. The lowest BCUT2D eigenvalue weighted by Gasteiger charge is -2.18. The first-order valence-electron chi connectivity index (χ1n) is 5.86. The highest BCUT2D eigenvalue weighted by molar-refractivity contribution is 4.90. The van der Waals surface area contributed by atoms with Crippen molar-refractivity contribution in [1.82, 2.24) is 5.32 Å². The van der Waals surface area contributed by atoms with Crippen LogP contribution in [0.2, 0.25) is 0 Å². The molecule has 0 fully saturated rings. The molecule has 1 atom stereocenters. The molecule has 0 aromatic carbocycles. The molecule has 3 heteroatoms. The third kappa shape index (κ3) is 6.66. The molecule has 0 aromatic heterocycles. The van der Waals surface area contributed by atoms with E-state index in [4.69, 9.17) is 9.47 Å². The maximum Gasteiger partial charge on any atom is 0.0700 e. The van der Waals surface area contributed by atoms with Gasteiger partial charge in [-0.25, -0.2) is 0 Å². The van der Waals surface area contributed by atoms with E-state index in [2.05, 4.69) is 17.5 Å². The van der Waals surface area contributed by atoms with Crippen LogP contribution in [0, 0.1) is 5.92 Å². The zero-order chi connectivity index (χ0) is 10.8. The summed E-state index contributed by atoms with van der Waals surface area (Å²) < 4.78 is 10.3. The molecule has 3 nitrogen and oxygen atoms in total. The average molecular weight is 213 g/mol. The smallest absolute Gasteiger partial charge is 0.0700 e. The molecule has 0 heterocycles. The van der Waals surface area contributed by atoms with Crippen molar-refractivity contribution < 1.29 is 9.47 Å². The van der Waals surface area contributed by atoms with Crippen molar-refractivity contribution in [1.29, 1.82) is 0 Å². The van der Waals surface area contributed by atoms with Crippen molar-refractivity contribution in [2.45, 2.75) is 19.3 Å². The summed E-state index contributed by atoms with van der Waals surface area (Å²) in [6.45, 7) is 4.24. The third-order valence-corrected chi connectivity index (χ3v) is 2.67. The minimum Gasteiger partial charge on any atom is -0.382 e. The summed E-state index contributed by atoms with van der Waals surface area (Å²) in [7, 11) is 1.69. The van der Waals surface area contributed by atoms with Crippen molar-refractivity contribution in [3.8, 4) is 0 Å². The zero-order valence-corrected chi connectivity index (χ0v) is 9.71. The van der Waals surface area contributed by atoms with Crippen LogP contribution in [-0.2, 0) is 9.47 Å². The zero-order valence-electron chi connectivity index (χ0n) is 9.71. The van der Waals surface area contributed by atoms with Gasteiger partial charge < -0.3 is 14.8 Å². The average Bonchev–Trinajstić information content (AvgIpc) is 2.29. The third-order valence-electron chi connectivity index (χ3n) is 2.67. The fraction of sp³-hybridized carbons (Fsp3) is 0.833. The maximum atomic E-state index is 5.36. The lowest BCUT2D eigenvalue weighted by Crippen LogP contribution is -2.27. The van der Waals surface area contributed by atoms with Crippen molar-refractivity contribution in [2.75, 3.05) is 40.0 Å². The first kappa shape index (κ1) is 12.7. The Balaban J connectivity index is 1.82. The Labute approximate surface area is 92.8 Å². The molecule has 1 unspecified atom stereocenters. The number of ether oxygens (including phenoxy) is 2. The van der Waals surface area contributed by atoms with Gasteiger partial charge in [-0.1, -0.05) is 12.2 Å². The molecule has 15 heavy (non-hydrogen) atoms. The van der Waals surface area contributed by atoms with E-state index < -0.39 is 0 Å². The lowest BCUT2D eigenvalue weighted by molar-refractivity contribution is 0.0716. The van der Waals surface area contributed by atoms with Crippen molar-refractivity contribution in [2.24, 2.45) is 5.92 Å². The SMILES string of the molecule is COCCOCCNCC1CC=CCC1. The minimum atomic E-state index is 0.688. The summed E-state index contributed by atoms with van der Waals surface area (Å²) in [5.41, 5.74) is 0. The van der Waals surface area contributed by atoms with Gasteiger partial charge in [-0.15, -0.1) is 0 Å². The number of rotatable bonds is 8. The molecule has 0 saturated carbocycles. The first-order chi connectivity index (χ1) is 7.43. The molecule has 1 aliphatic carbocycles. The fourth-order valence-electron chi connectivity index (χ4n) is 1.74. The fourth-order valence-corrected chi connectivity index (χ4v) is 1.74. The van der Waals surface area contributed by atoms with E-state index in [-0.39, 0.29) is 0 Å². The Morgan fingerprint density at radius 2 is 2.20 bits per heavy atom.